The van der Waals surface area contributed by atoms with Crippen molar-refractivity contribution in [2.24, 2.45) is 0 Å². The molecule has 0 spiro atoms. The highest BCUT2D eigenvalue weighted by Gasteiger charge is 2.15. The molecule has 0 fully saturated rings. The Hall–Kier alpha value is -1.43. The molecule has 0 aliphatic rings. The Bertz CT molecular complexity index is 405. The van der Waals surface area contributed by atoms with Crippen molar-refractivity contribution < 1.29 is 14.8 Å². The number of aromatic carboxylic acids is 1. The van der Waals surface area contributed by atoms with Crippen LogP contribution in [0.5, 0.6) is 0 Å². The topological polar surface area (TPSA) is 80.4 Å². The maximum absolute atomic E-state index is 10.8. The van der Waals surface area contributed by atoms with Crippen LogP contribution in [-0.4, -0.2) is 16.0 Å². The minimum atomic E-state index is -1.07. The third-order valence-electron chi connectivity index (χ3n) is 1.94. The highest BCUT2D eigenvalue weighted by Crippen LogP contribution is 2.19. The summed E-state index contributed by atoms with van der Waals surface area (Å²) in [5.41, 5.74) is 0.990. The van der Waals surface area contributed by atoms with E-state index < -0.39 is 10.9 Å². The second kappa shape index (κ2) is 4.88. The number of alkyl halides is 1. The zero-order valence-corrected chi connectivity index (χ0v) is 9.23. The van der Waals surface area contributed by atoms with Gasteiger partial charge in [-0.2, -0.15) is 0 Å². The van der Waals surface area contributed by atoms with Gasteiger partial charge in [0.05, 0.1) is 5.56 Å². The van der Waals surface area contributed by atoms with Crippen LogP contribution in [0.3, 0.4) is 0 Å². The molecule has 80 valence electrons. The van der Waals surface area contributed by atoms with Gasteiger partial charge in [0.2, 0.25) is 6.54 Å². The quantitative estimate of drug-likeness (QED) is 0.517. The van der Waals surface area contributed by atoms with Gasteiger partial charge in [0.1, 0.15) is 0 Å². The SMILES string of the molecule is O=C(O)c1cccc(C[N+](=O)[O-])c1CBr. The Kier molecular flexibility index (Phi) is 3.79. The molecule has 0 radical (unpaired) electrons. The van der Waals surface area contributed by atoms with Crippen molar-refractivity contribution in [2.45, 2.75) is 11.9 Å². The first-order valence-electron chi connectivity index (χ1n) is 4.08. The van der Waals surface area contributed by atoms with Gasteiger partial charge < -0.3 is 5.11 Å². The summed E-state index contributed by atoms with van der Waals surface area (Å²) in [5, 5.41) is 19.5. The van der Waals surface area contributed by atoms with Crippen molar-refractivity contribution in [2.75, 3.05) is 0 Å². The normalized spacial score (nSPS) is 9.93. The predicted molar refractivity (Wildman–Crippen MR) is 56.7 cm³/mol. The standard InChI is InChI=1S/C9H8BrNO4/c10-4-8-6(5-11(14)15)2-1-3-7(8)9(12)13/h1-3H,4-5H2,(H,12,13). The number of halogens is 1. The van der Waals surface area contributed by atoms with Gasteiger partial charge >= 0.3 is 5.97 Å². The molecule has 0 heterocycles. The first-order chi connectivity index (χ1) is 7.06. The fraction of sp³-hybridized carbons (Fsp3) is 0.222. The van der Waals surface area contributed by atoms with E-state index in [0.29, 0.717) is 16.5 Å². The predicted octanol–water partition coefficient (Wildman–Crippen LogP) is 2.06. The van der Waals surface area contributed by atoms with Gasteiger partial charge in [0, 0.05) is 15.8 Å². The van der Waals surface area contributed by atoms with Crippen molar-refractivity contribution in [3.05, 3.63) is 45.0 Å². The van der Waals surface area contributed by atoms with Crippen LogP contribution in [0.1, 0.15) is 21.5 Å². The molecule has 1 aromatic rings. The monoisotopic (exact) mass is 273 g/mol. The van der Waals surface area contributed by atoms with E-state index in [2.05, 4.69) is 15.9 Å². The van der Waals surface area contributed by atoms with Gasteiger partial charge in [0.15, 0.2) is 0 Å². The molecule has 0 aromatic heterocycles. The van der Waals surface area contributed by atoms with Crippen molar-refractivity contribution >= 4 is 21.9 Å². The number of carboxylic acids is 1. The Morgan fingerprint density at radius 2 is 2.20 bits per heavy atom. The first-order valence-corrected chi connectivity index (χ1v) is 5.20. The third-order valence-corrected chi connectivity index (χ3v) is 2.50. The summed E-state index contributed by atoms with van der Waals surface area (Å²) in [6.07, 6.45) is 0. The number of hydrogen-bond acceptors (Lipinski definition) is 3. The van der Waals surface area contributed by atoms with Gasteiger partial charge in [0.25, 0.3) is 0 Å². The molecule has 1 rings (SSSR count). The Morgan fingerprint density at radius 1 is 1.53 bits per heavy atom. The number of carbonyl (C=O) groups is 1. The molecule has 5 nitrogen and oxygen atoms in total. The second-order valence-corrected chi connectivity index (χ2v) is 3.43. The Balaban J connectivity index is 3.21. The van der Waals surface area contributed by atoms with Crippen molar-refractivity contribution in [3.8, 4) is 0 Å². The number of carboxylic acid groups (broad SMARTS) is 1. The molecule has 0 atom stereocenters. The lowest BCUT2D eigenvalue weighted by molar-refractivity contribution is -0.496. The van der Waals surface area contributed by atoms with Crippen LogP contribution >= 0.6 is 15.9 Å². The van der Waals surface area contributed by atoms with E-state index >= 15 is 0 Å². The lowest BCUT2D eigenvalue weighted by Gasteiger charge is -2.06. The molecule has 1 aromatic carbocycles. The molecule has 0 saturated carbocycles. The van der Waals surface area contributed by atoms with Crippen LogP contribution in [0.15, 0.2) is 18.2 Å². The van der Waals surface area contributed by atoms with Crippen LogP contribution in [0.2, 0.25) is 0 Å². The summed E-state index contributed by atoms with van der Waals surface area (Å²) in [6.45, 7) is -0.359. The van der Waals surface area contributed by atoms with Crippen LogP contribution in [-0.2, 0) is 11.9 Å². The smallest absolute Gasteiger partial charge is 0.336 e. The zero-order chi connectivity index (χ0) is 11.4. The summed E-state index contributed by atoms with van der Waals surface area (Å²) in [4.78, 5) is 20.7. The average molecular weight is 274 g/mol. The second-order valence-electron chi connectivity index (χ2n) is 2.87. The van der Waals surface area contributed by atoms with Crippen molar-refractivity contribution in [3.63, 3.8) is 0 Å². The maximum atomic E-state index is 10.8. The number of rotatable bonds is 4. The van der Waals surface area contributed by atoms with Gasteiger partial charge in [-0.1, -0.05) is 28.1 Å². The summed E-state index contributed by atoms with van der Waals surface area (Å²) in [7, 11) is 0. The van der Waals surface area contributed by atoms with E-state index in [1.54, 1.807) is 6.07 Å². The minimum absolute atomic E-state index is 0.103. The number of benzene rings is 1. The molecule has 15 heavy (non-hydrogen) atoms. The maximum Gasteiger partial charge on any atom is 0.336 e. The number of nitrogens with zero attached hydrogens (tertiary/aromatic N) is 1. The van der Waals surface area contributed by atoms with Gasteiger partial charge in [-0.3, -0.25) is 10.1 Å². The van der Waals surface area contributed by atoms with E-state index in [1.165, 1.54) is 12.1 Å². The molecular weight excluding hydrogens is 266 g/mol. The van der Waals surface area contributed by atoms with Gasteiger partial charge in [-0.05, 0) is 11.6 Å². The fourth-order valence-corrected chi connectivity index (χ4v) is 1.94. The molecule has 1 N–H and O–H groups in total. The largest absolute Gasteiger partial charge is 0.478 e. The molecule has 0 amide bonds. The van der Waals surface area contributed by atoms with E-state index in [9.17, 15) is 14.9 Å². The summed E-state index contributed by atoms with van der Waals surface area (Å²) >= 11 is 3.13. The molecular formula is C9H8BrNO4. The zero-order valence-electron chi connectivity index (χ0n) is 7.64. The lowest BCUT2D eigenvalue weighted by Crippen LogP contribution is -2.07. The Morgan fingerprint density at radius 3 is 2.67 bits per heavy atom. The first kappa shape index (κ1) is 11.6. The summed E-state index contributed by atoms with van der Waals surface area (Å²) in [5.74, 6) is -1.07. The van der Waals surface area contributed by atoms with Crippen molar-refractivity contribution in [1.82, 2.24) is 0 Å². The van der Waals surface area contributed by atoms with Crippen LogP contribution in [0.25, 0.3) is 0 Å². The summed E-state index contributed by atoms with van der Waals surface area (Å²) in [6, 6.07) is 4.50. The van der Waals surface area contributed by atoms with E-state index in [4.69, 9.17) is 5.11 Å². The molecule has 0 aliphatic carbocycles. The average Bonchev–Trinajstić information content (AvgIpc) is 2.16. The lowest BCUT2D eigenvalue weighted by atomic mass is 10.0. The van der Waals surface area contributed by atoms with Crippen molar-refractivity contribution in [1.29, 1.82) is 0 Å². The van der Waals surface area contributed by atoms with E-state index in [0.717, 1.165) is 0 Å². The molecule has 6 heteroatoms. The van der Waals surface area contributed by atoms with Crippen LogP contribution < -0.4 is 0 Å². The van der Waals surface area contributed by atoms with Gasteiger partial charge in [-0.25, -0.2) is 4.79 Å². The Labute approximate surface area is 94.0 Å². The summed E-state index contributed by atoms with van der Waals surface area (Å²) < 4.78 is 0. The molecule has 0 aliphatic heterocycles. The fourth-order valence-electron chi connectivity index (χ4n) is 1.28. The highest BCUT2D eigenvalue weighted by atomic mass is 79.9. The van der Waals surface area contributed by atoms with E-state index in [1.807, 2.05) is 0 Å². The van der Waals surface area contributed by atoms with Crippen LogP contribution in [0, 0.1) is 10.1 Å². The minimum Gasteiger partial charge on any atom is -0.478 e. The molecule has 0 bridgehead atoms. The highest BCUT2D eigenvalue weighted by molar-refractivity contribution is 9.08. The third kappa shape index (κ3) is 2.76. The molecule has 0 unspecified atom stereocenters. The number of hydrogen-bond donors (Lipinski definition) is 1. The molecule has 0 saturated heterocycles. The number of nitro groups is 1. The van der Waals surface area contributed by atoms with E-state index in [-0.39, 0.29) is 12.1 Å². The van der Waals surface area contributed by atoms with Crippen LogP contribution in [0.4, 0.5) is 0 Å². The van der Waals surface area contributed by atoms with Gasteiger partial charge in [-0.15, -0.1) is 0 Å².